The van der Waals surface area contributed by atoms with Crippen LogP contribution in [0.25, 0.3) is 0 Å². The summed E-state index contributed by atoms with van der Waals surface area (Å²) in [7, 11) is 3.27. The molecule has 0 saturated carbocycles. The highest BCUT2D eigenvalue weighted by molar-refractivity contribution is 5.42. The van der Waals surface area contributed by atoms with E-state index in [-0.39, 0.29) is 7.43 Å². The predicted molar refractivity (Wildman–Crippen MR) is 51.0 cm³/mol. The van der Waals surface area contributed by atoms with Gasteiger partial charge in [0.05, 0.1) is 14.2 Å². The number of hydrogen-bond acceptors (Lipinski definition) is 2. The Morgan fingerprint density at radius 2 is 1.58 bits per heavy atom. The number of methoxy groups -OCH3 is 2. The summed E-state index contributed by atoms with van der Waals surface area (Å²) in [6, 6.07) is 5.83. The fraction of sp³-hybridized carbons (Fsp3) is 0.400. The maximum Gasteiger partial charge on any atom is 0.160 e. The van der Waals surface area contributed by atoms with Gasteiger partial charge in [-0.25, -0.2) is 0 Å². The molecule has 0 heterocycles. The van der Waals surface area contributed by atoms with Gasteiger partial charge in [-0.1, -0.05) is 13.5 Å². The molecule has 1 aromatic rings. The topological polar surface area (TPSA) is 18.5 Å². The van der Waals surface area contributed by atoms with E-state index in [0.29, 0.717) is 0 Å². The summed E-state index contributed by atoms with van der Waals surface area (Å²) in [5.41, 5.74) is 1.17. The Morgan fingerprint density at radius 1 is 1.00 bits per heavy atom. The van der Waals surface area contributed by atoms with Crippen LogP contribution < -0.4 is 9.47 Å². The van der Waals surface area contributed by atoms with Gasteiger partial charge >= 0.3 is 0 Å². The number of aryl methyl sites for hydroxylation is 1. The molecule has 0 aliphatic rings. The van der Waals surface area contributed by atoms with Gasteiger partial charge in [0, 0.05) is 0 Å². The van der Waals surface area contributed by atoms with Crippen LogP contribution in [-0.4, -0.2) is 14.2 Å². The van der Waals surface area contributed by atoms with Crippen molar-refractivity contribution in [1.82, 2.24) is 0 Å². The quantitative estimate of drug-likeness (QED) is 0.676. The average molecular weight is 168 g/mol. The second-order valence-electron chi connectivity index (χ2n) is 2.36. The summed E-state index contributed by atoms with van der Waals surface area (Å²) in [6.45, 7) is 2.02. The SMILES string of the molecule is C.COc1ccc(C)cc1OC. The molecule has 0 aliphatic carbocycles. The molecule has 0 N–H and O–H groups in total. The van der Waals surface area contributed by atoms with Gasteiger partial charge in [0.1, 0.15) is 0 Å². The van der Waals surface area contributed by atoms with Gasteiger partial charge in [-0.15, -0.1) is 0 Å². The second kappa shape index (κ2) is 4.65. The first kappa shape index (κ1) is 10.8. The van der Waals surface area contributed by atoms with E-state index in [1.165, 1.54) is 5.56 Å². The third-order valence-corrected chi connectivity index (χ3v) is 1.54. The molecule has 2 nitrogen and oxygen atoms in total. The molecule has 0 amide bonds. The predicted octanol–water partition coefficient (Wildman–Crippen LogP) is 2.65. The van der Waals surface area contributed by atoms with E-state index in [2.05, 4.69) is 0 Å². The molecular weight excluding hydrogens is 152 g/mol. The smallest absolute Gasteiger partial charge is 0.160 e. The molecule has 0 aliphatic heterocycles. The Kier molecular flexibility index (Phi) is 4.19. The zero-order chi connectivity index (χ0) is 8.27. The highest BCUT2D eigenvalue weighted by atomic mass is 16.5. The zero-order valence-electron chi connectivity index (χ0n) is 7.05. The lowest BCUT2D eigenvalue weighted by Crippen LogP contribution is -1.90. The van der Waals surface area contributed by atoms with Gasteiger partial charge in [-0.05, 0) is 24.6 Å². The first-order chi connectivity index (χ1) is 5.27. The van der Waals surface area contributed by atoms with Gasteiger partial charge in [0.15, 0.2) is 11.5 Å². The third-order valence-electron chi connectivity index (χ3n) is 1.54. The normalized spacial score (nSPS) is 8.58. The summed E-state index contributed by atoms with van der Waals surface area (Å²) in [5, 5.41) is 0. The minimum absolute atomic E-state index is 0. The van der Waals surface area contributed by atoms with Crippen LogP contribution in [0.15, 0.2) is 18.2 Å². The van der Waals surface area contributed by atoms with E-state index in [1.54, 1.807) is 14.2 Å². The van der Waals surface area contributed by atoms with Gasteiger partial charge in [-0.3, -0.25) is 0 Å². The van der Waals surface area contributed by atoms with E-state index in [0.717, 1.165) is 11.5 Å². The van der Waals surface area contributed by atoms with Crippen LogP contribution in [0.3, 0.4) is 0 Å². The second-order valence-corrected chi connectivity index (χ2v) is 2.36. The Hall–Kier alpha value is -1.18. The molecule has 0 spiro atoms. The van der Waals surface area contributed by atoms with Crippen LogP contribution in [0, 0.1) is 6.92 Å². The molecular formula is C10H16O2. The molecule has 0 bridgehead atoms. The molecule has 2 heteroatoms. The Morgan fingerprint density at radius 3 is 2.08 bits per heavy atom. The van der Waals surface area contributed by atoms with E-state index < -0.39 is 0 Å². The van der Waals surface area contributed by atoms with E-state index in [9.17, 15) is 0 Å². The Bertz CT molecular complexity index is 244. The molecule has 0 unspecified atom stereocenters. The molecule has 68 valence electrons. The van der Waals surface area contributed by atoms with Gasteiger partial charge in [0.2, 0.25) is 0 Å². The number of ether oxygens (including phenoxy) is 2. The van der Waals surface area contributed by atoms with Crippen molar-refractivity contribution < 1.29 is 9.47 Å². The van der Waals surface area contributed by atoms with Crippen molar-refractivity contribution in [3.05, 3.63) is 23.8 Å². The molecule has 12 heavy (non-hydrogen) atoms. The van der Waals surface area contributed by atoms with Crippen LogP contribution in [0.1, 0.15) is 13.0 Å². The highest BCUT2D eigenvalue weighted by Crippen LogP contribution is 2.26. The van der Waals surface area contributed by atoms with Crippen molar-refractivity contribution in [2.24, 2.45) is 0 Å². The van der Waals surface area contributed by atoms with Crippen molar-refractivity contribution >= 4 is 0 Å². The first-order valence-electron chi connectivity index (χ1n) is 3.46. The van der Waals surface area contributed by atoms with Gasteiger partial charge in [-0.2, -0.15) is 0 Å². The highest BCUT2D eigenvalue weighted by Gasteiger charge is 2.00. The van der Waals surface area contributed by atoms with Crippen molar-refractivity contribution in [2.45, 2.75) is 14.4 Å². The van der Waals surface area contributed by atoms with E-state index >= 15 is 0 Å². The maximum absolute atomic E-state index is 5.09. The fourth-order valence-electron chi connectivity index (χ4n) is 0.943. The lowest BCUT2D eigenvalue weighted by atomic mass is 10.2. The maximum atomic E-state index is 5.09. The molecule has 0 atom stereocenters. The summed E-state index contributed by atoms with van der Waals surface area (Å²) in [4.78, 5) is 0. The molecule has 1 rings (SSSR count). The molecule has 0 saturated heterocycles. The lowest BCUT2D eigenvalue weighted by molar-refractivity contribution is 0.354. The van der Waals surface area contributed by atoms with Crippen molar-refractivity contribution in [2.75, 3.05) is 14.2 Å². The van der Waals surface area contributed by atoms with Crippen LogP contribution in [0.4, 0.5) is 0 Å². The Balaban J connectivity index is 0.00000121. The first-order valence-corrected chi connectivity index (χ1v) is 3.46. The van der Waals surface area contributed by atoms with Gasteiger partial charge < -0.3 is 9.47 Å². The summed E-state index contributed by atoms with van der Waals surface area (Å²) < 4.78 is 10.2. The van der Waals surface area contributed by atoms with E-state index in [1.807, 2.05) is 25.1 Å². The minimum atomic E-state index is 0. The van der Waals surface area contributed by atoms with Crippen molar-refractivity contribution in [3.8, 4) is 11.5 Å². The van der Waals surface area contributed by atoms with Crippen LogP contribution in [0.5, 0.6) is 11.5 Å². The average Bonchev–Trinajstić information content (AvgIpc) is 2.04. The largest absolute Gasteiger partial charge is 0.493 e. The molecule has 0 radical (unpaired) electrons. The molecule has 1 aromatic carbocycles. The van der Waals surface area contributed by atoms with Crippen molar-refractivity contribution in [3.63, 3.8) is 0 Å². The van der Waals surface area contributed by atoms with Crippen molar-refractivity contribution in [1.29, 1.82) is 0 Å². The summed E-state index contributed by atoms with van der Waals surface area (Å²) >= 11 is 0. The Labute approximate surface area is 74.1 Å². The van der Waals surface area contributed by atoms with Crippen LogP contribution >= 0.6 is 0 Å². The number of hydrogen-bond donors (Lipinski definition) is 0. The van der Waals surface area contributed by atoms with Crippen LogP contribution in [0.2, 0.25) is 0 Å². The van der Waals surface area contributed by atoms with E-state index in [4.69, 9.17) is 9.47 Å². The molecule has 0 aromatic heterocycles. The van der Waals surface area contributed by atoms with Crippen LogP contribution in [-0.2, 0) is 0 Å². The number of rotatable bonds is 2. The monoisotopic (exact) mass is 168 g/mol. The third kappa shape index (κ3) is 2.16. The number of benzene rings is 1. The standard InChI is InChI=1S/C9H12O2.CH4/c1-7-4-5-8(10-2)9(6-7)11-3;/h4-6H,1-3H3;1H4. The zero-order valence-corrected chi connectivity index (χ0v) is 7.05. The summed E-state index contributed by atoms with van der Waals surface area (Å²) in [6.07, 6.45) is 0. The summed E-state index contributed by atoms with van der Waals surface area (Å²) in [5.74, 6) is 1.56. The molecule has 0 fully saturated rings. The van der Waals surface area contributed by atoms with Gasteiger partial charge in [0.25, 0.3) is 0 Å². The lowest BCUT2D eigenvalue weighted by Gasteiger charge is -2.06. The minimum Gasteiger partial charge on any atom is -0.493 e. The fourth-order valence-corrected chi connectivity index (χ4v) is 0.943.